The Morgan fingerprint density at radius 1 is 1.20 bits per heavy atom. The van der Waals surface area contributed by atoms with Gasteiger partial charge in [0.2, 0.25) is 6.08 Å². The first-order valence-corrected chi connectivity index (χ1v) is 5.54. The Balaban J connectivity index is 3.32. The van der Waals surface area contributed by atoms with Gasteiger partial charge in [-0.05, 0) is 5.56 Å². The number of carbonyl (C=O) groups excluding carboxylic acids is 1. The summed E-state index contributed by atoms with van der Waals surface area (Å²) >= 11 is 3.55. The molecule has 1 atom stereocenters. The van der Waals surface area contributed by atoms with Crippen molar-refractivity contribution in [2.24, 2.45) is 10.4 Å². The molecule has 0 aliphatic carbocycles. The zero-order chi connectivity index (χ0) is 11.5. The molecule has 0 N–H and O–H groups in total. The zero-order valence-electron chi connectivity index (χ0n) is 9.12. The van der Waals surface area contributed by atoms with Crippen molar-refractivity contribution in [3.05, 3.63) is 35.9 Å². The molecule has 0 fully saturated rings. The molecule has 0 saturated carbocycles. The van der Waals surface area contributed by atoms with Gasteiger partial charge < -0.3 is 0 Å². The average Bonchev–Trinajstić information content (AvgIpc) is 2.18. The molecule has 15 heavy (non-hydrogen) atoms. The SMILES string of the molecule is CC(C)(C)C(Br)(N=C=O)c1ccccc1. The second-order valence-corrected chi connectivity index (χ2v) is 5.59. The molecule has 1 aromatic rings. The summed E-state index contributed by atoms with van der Waals surface area (Å²) in [6.07, 6.45) is 1.64. The number of hydrogen-bond acceptors (Lipinski definition) is 2. The minimum absolute atomic E-state index is 0.203. The highest BCUT2D eigenvalue weighted by Crippen LogP contribution is 2.47. The Morgan fingerprint density at radius 3 is 2.13 bits per heavy atom. The van der Waals surface area contributed by atoms with Crippen LogP contribution in [0.1, 0.15) is 26.3 Å². The van der Waals surface area contributed by atoms with E-state index >= 15 is 0 Å². The van der Waals surface area contributed by atoms with Crippen molar-refractivity contribution in [2.75, 3.05) is 0 Å². The summed E-state index contributed by atoms with van der Waals surface area (Å²) in [5, 5.41) is 0. The monoisotopic (exact) mass is 267 g/mol. The third kappa shape index (κ3) is 2.36. The fourth-order valence-electron chi connectivity index (χ4n) is 1.39. The Bertz CT molecular complexity index is 376. The lowest BCUT2D eigenvalue weighted by Gasteiger charge is -2.35. The van der Waals surface area contributed by atoms with Crippen LogP contribution in [0.4, 0.5) is 0 Å². The molecule has 1 rings (SSSR count). The molecule has 0 amide bonds. The van der Waals surface area contributed by atoms with E-state index in [0.29, 0.717) is 0 Å². The first-order valence-electron chi connectivity index (χ1n) is 4.75. The number of alkyl halides is 1. The predicted molar refractivity (Wildman–Crippen MR) is 64.6 cm³/mol. The molecular weight excluding hydrogens is 254 g/mol. The van der Waals surface area contributed by atoms with Crippen LogP contribution in [0.15, 0.2) is 35.3 Å². The average molecular weight is 268 g/mol. The molecule has 3 heteroatoms. The van der Waals surface area contributed by atoms with Gasteiger partial charge in [0.1, 0.15) is 0 Å². The van der Waals surface area contributed by atoms with E-state index in [9.17, 15) is 4.79 Å². The minimum atomic E-state index is -0.705. The van der Waals surface area contributed by atoms with Crippen LogP contribution in [0.3, 0.4) is 0 Å². The third-order valence-electron chi connectivity index (χ3n) is 2.35. The molecule has 0 heterocycles. The van der Waals surface area contributed by atoms with E-state index < -0.39 is 4.45 Å². The van der Waals surface area contributed by atoms with Crippen LogP contribution >= 0.6 is 15.9 Å². The van der Waals surface area contributed by atoms with Crippen molar-refractivity contribution in [1.29, 1.82) is 0 Å². The molecular formula is C12H14BrNO. The molecule has 80 valence electrons. The van der Waals surface area contributed by atoms with E-state index in [1.165, 1.54) is 0 Å². The number of isocyanates is 1. The van der Waals surface area contributed by atoms with Gasteiger partial charge in [-0.15, -0.1) is 0 Å². The van der Waals surface area contributed by atoms with Crippen LogP contribution in [0, 0.1) is 5.41 Å². The Kier molecular flexibility index (Phi) is 3.48. The van der Waals surface area contributed by atoms with Gasteiger partial charge in [-0.25, -0.2) is 4.79 Å². The van der Waals surface area contributed by atoms with Gasteiger partial charge in [0, 0.05) is 5.41 Å². The number of halogens is 1. The molecule has 1 aromatic carbocycles. The van der Waals surface area contributed by atoms with Gasteiger partial charge in [-0.3, -0.25) is 0 Å². The van der Waals surface area contributed by atoms with Crippen molar-refractivity contribution in [3.63, 3.8) is 0 Å². The maximum absolute atomic E-state index is 10.5. The molecule has 0 aliphatic rings. The minimum Gasteiger partial charge on any atom is -0.211 e. The van der Waals surface area contributed by atoms with E-state index in [4.69, 9.17) is 0 Å². The van der Waals surface area contributed by atoms with Crippen LogP contribution in [-0.4, -0.2) is 6.08 Å². The van der Waals surface area contributed by atoms with Gasteiger partial charge in [0.25, 0.3) is 0 Å². The second kappa shape index (κ2) is 4.30. The first kappa shape index (κ1) is 12.2. The highest BCUT2D eigenvalue weighted by Gasteiger charge is 2.41. The van der Waals surface area contributed by atoms with Crippen molar-refractivity contribution in [2.45, 2.75) is 25.2 Å². The normalized spacial score (nSPS) is 15.2. The summed E-state index contributed by atoms with van der Waals surface area (Å²) < 4.78 is -0.705. The molecule has 0 saturated heterocycles. The second-order valence-electron chi connectivity index (χ2n) is 4.44. The maximum Gasteiger partial charge on any atom is 0.236 e. The Hall–Kier alpha value is -0.920. The molecule has 0 radical (unpaired) electrons. The molecule has 0 spiro atoms. The summed E-state index contributed by atoms with van der Waals surface area (Å²) in [7, 11) is 0. The van der Waals surface area contributed by atoms with Gasteiger partial charge in [-0.2, -0.15) is 4.99 Å². The lowest BCUT2D eigenvalue weighted by atomic mass is 9.82. The van der Waals surface area contributed by atoms with Gasteiger partial charge in [0.15, 0.2) is 4.45 Å². The van der Waals surface area contributed by atoms with Gasteiger partial charge >= 0.3 is 0 Å². The molecule has 0 aromatic heterocycles. The molecule has 0 aliphatic heterocycles. The van der Waals surface area contributed by atoms with Crippen molar-refractivity contribution >= 4 is 22.0 Å². The zero-order valence-corrected chi connectivity index (χ0v) is 10.7. The predicted octanol–water partition coefficient (Wildman–Crippen LogP) is 3.62. The van der Waals surface area contributed by atoms with Gasteiger partial charge in [0.05, 0.1) is 0 Å². The van der Waals surface area contributed by atoms with Crippen molar-refractivity contribution in [1.82, 2.24) is 0 Å². The number of nitrogens with zero attached hydrogens (tertiary/aromatic N) is 1. The summed E-state index contributed by atoms with van der Waals surface area (Å²) in [4.78, 5) is 14.4. The molecule has 2 nitrogen and oxygen atoms in total. The van der Waals surface area contributed by atoms with E-state index in [2.05, 4.69) is 20.9 Å². The lowest BCUT2D eigenvalue weighted by Crippen LogP contribution is -2.32. The highest BCUT2D eigenvalue weighted by molar-refractivity contribution is 9.09. The van der Waals surface area contributed by atoms with Crippen LogP contribution < -0.4 is 0 Å². The number of rotatable bonds is 2. The topological polar surface area (TPSA) is 29.4 Å². The Morgan fingerprint density at radius 2 is 1.73 bits per heavy atom. The van der Waals surface area contributed by atoms with E-state index in [1.807, 2.05) is 51.1 Å². The van der Waals surface area contributed by atoms with E-state index in [0.717, 1.165) is 5.56 Å². The van der Waals surface area contributed by atoms with E-state index in [-0.39, 0.29) is 5.41 Å². The smallest absolute Gasteiger partial charge is 0.211 e. The summed E-state index contributed by atoms with van der Waals surface area (Å²) in [5.74, 6) is 0. The van der Waals surface area contributed by atoms with Crippen LogP contribution in [0.2, 0.25) is 0 Å². The fraction of sp³-hybridized carbons (Fsp3) is 0.417. The van der Waals surface area contributed by atoms with Crippen molar-refractivity contribution in [3.8, 4) is 0 Å². The largest absolute Gasteiger partial charge is 0.236 e. The third-order valence-corrected chi connectivity index (χ3v) is 4.17. The maximum atomic E-state index is 10.5. The fourth-order valence-corrected chi connectivity index (χ4v) is 1.72. The quantitative estimate of drug-likeness (QED) is 0.348. The van der Waals surface area contributed by atoms with Crippen molar-refractivity contribution < 1.29 is 4.79 Å². The molecule has 1 unspecified atom stereocenters. The van der Waals surface area contributed by atoms with Crippen LogP contribution in [0.25, 0.3) is 0 Å². The Labute approximate surface area is 98.5 Å². The molecule has 0 bridgehead atoms. The standard InChI is InChI=1S/C12H14BrNO/c1-11(2,3)12(13,14-9-15)10-7-5-4-6-8-10/h4-8H,1-3H3. The van der Waals surface area contributed by atoms with Crippen LogP contribution in [-0.2, 0) is 9.24 Å². The number of benzene rings is 1. The summed E-state index contributed by atoms with van der Waals surface area (Å²) in [5.41, 5.74) is 0.757. The van der Waals surface area contributed by atoms with E-state index in [1.54, 1.807) is 6.08 Å². The number of hydrogen-bond donors (Lipinski definition) is 0. The lowest BCUT2D eigenvalue weighted by molar-refractivity contribution is 0.300. The van der Waals surface area contributed by atoms with Crippen LogP contribution in [0.5, 0.6) is 0 Å². The highest BCUT2D eigenvalue weighted by atomic mass is 79.9. The van der Waals surface area contributed by atoms with Gasteiger partial charge in [-0.1, -0.05) is 67.0 Å². The summed E-state index contributed by atoms with van der Waals surface area (Å²) in [6.45, 7) is 6.07. The number of aliphatic imine (C=N–C) groups is 1. The summed E-state index contributed by atoms with van der Waals surface area (Å²) in [6, 6.07) is 9.68. The first-order chi connectivity index (χ1) is 6.92.